The van der Waals surface area contributed by atoms with Crippen molar-refractivity contribution >= 4 is 0 Å². The zero-order valence-electron chi connectivity index (χ0n) is 12.3. The standard InChI is InChI=1S/C17H20O4/c1-3-20-15-5-4-6-16(10-15)21-12-14-9-13(11-18)7-8-17(14)19-2/h4-10,18H,3,11-12H2,1-2H3. The highest BCUT2D eigenvalue weighted by atomic mass is 16.5. The van der Waals surface area contributed by atoms with Crippen LogP contribution in [0.1, 0.15) is 18.1 Å². The van der Waals surface area contributed by atoms with E-state index >= 15 is 0 Å². The van der Waals surface area contributed by atoms with Gasteiger partial charge < -0.3 is 19.3 Å². The van der Waals surface area contributed by atoms with Gasteiger partial charge in [-0.05, 0) is 36.8 Å². The lowest BCUT2D eigenvalue weighted by molar-refractivity contribution is 0.278. The van der Waals surface area contributed by atoms with E-state index in [4.69, 9.17) is 14.2 Å². The third-order valence-electron chi connectivity index (χ3n) is 3.04. The molecule has 0 radical (unpaired) electrons. The Labute approximate surface area is 124 Å². The Hall–Kier alpha value is -2.20. The number of hydrogen-bond acceptors (Lipinski definition) is 4. The fourth-order valence-corrected chi connectivity index (χ4v) is 2.02. The summed E-state index contributed by atoms with van der Waals surface area (Å²) in [5.74, 6) is 2.26. The first-order chi connectivity index (χ1) is 10.3. The van der Waals surface area contributed by atoms with Crippen LogP contribution in [0.4, 0.5) is 0 Å². The molecule has 0 unspecified atom stereocenters. The van der Waals surface area contributed by atoms with Crippen molar-refractivity contribution in [3.05, 3.63) is 53.6 Å². The van der Waals surface area contributed by atoms with Gasteiger partial charge >= 0.3 is 0 Å². The Kier molecular flexibility index (Phi) is 5.46. The van der Waals surface area contributed by atoms with Gasteiger partial charge in [-0.15, -0.1) is 0 Å². The van der Waals surface area contributed by atoms with Crippen molar-refractivity contribution in [3.63, 3.8) is 0 Å². The molecule has 4 nitrogen and oxygen atoms in total. The fraction of sp³-hybridized carbons (Fsp3) is 0.294. The SMILES string of the molecule is CCOc1cccc(OCc2cc(CO)ccc2OC)c1. The molecule has 0 bridgehead atoms. The van der Waals surface area contributed by atoms with Gasteiger partial charge in [0.15, 0.2) is 0 Å². The van der Waals surface area contributed by atoms with Crippen LogP contribution in [-0.4, -0.2) is 18.8 Å². The summed E-state index contributed by atoms with van der Waals surface area (Å²) in [6.07, 6.45) is 0. The van der Waals surface area contributed by atoms with Gasteiger partial charge in [-0.2, -0.15) is 0 Å². The predicted octanol–water partition coefficient (Wildman–Crippen LogP) is 3.17. The van der Waals surface area contributed by atoms with E-state index in [1.807, 2.05) is 49.4 Å². The Balaban J connectivity index is 2.10. The van der Waals surface area contributed by atoms with Crippen molar-refractivity contribution in [2.45, 2.75) is 20.1 Å². The molecule has 0 saturated carbocycles. The van der Waals surface area contributed by atoms with Gasteiger partial charge in [0.25, 0.3) is 0 Å². The predicted molar refractivity (Wildman–Crippen MR) is 80.9 cm³/mol. The first kappa shape index (κ1) is 15.2. The molecule has 0 heterocycles. The van der Waals surface area contributed by atoms with Crippen molar-refractivity contribution in [3.8, 4) is 17.2 Å². The molecule has 2 rings (SSSR count). The van der Waals surface area contributed by atoms with Gasteiger partial charge in [0.2, 0.25) is 0 Å². The van der Waals surface area contributed by atoms with Crippen LogP contribution in [0, 0.1) is 0 Å². The molecule has 2 aromatic carbocycles. The highest BCUT2D eigenvalue weighted by Crippen LogP contribution is 2.24. The number of aliphatic hydroxyl groups excluding tert-OH is 1. The maximum Gasteiger partial charge on any atom is 0.125 e. The van der Waals surface area contributed by atoms with E-state index in [9.17, 15) is 5.11 Å². The first-order valence-corrected chi connectivity index (χ1v) is 6.89. The lowest BCUT2D eigenvalue weighted by atomic mass is 10.1. The van der Waals surface area contributed by atoms with Crippen LogP contribution in [0.15, 0.2) is 42.5 Å². The molecular weight excluding hydrogens is 268 g/mol. The fourth-order valence-electron chi connectivity index (χ4n) is 2.02. The Morgan fingerprint density at radius 3 is 2.43 bits per heavy atom. The van der Waals surface area contributed by atoms with Crippen molar-refractivity contribution in [1.29, 1.82) is 0 Å². The molecule has 0 aliphatic heterocycles. The van der Waals surface area contributed by atoms with E-state index in [0.29, 0.717) is 13.2 Å². The maximum absolute atomic E-state index is 9.21. The van der Waals surface area contributed by atoms with Crippen LogP contribution >= 0.6 is 0 Å². The van der Waals surface area contributed by atoms with Crippen LogP contribution < -0.4 is 14.2 Å². The third-order valence-corrected chi connectivity index (χ3v) is 3.04. The van der Waals surface area contributed by atoms with Crippen molar-refractivity contribution in [2.75, 3.05) is 13.7 Å². The summed E-state index contributed by atoms with van der Waals surface area (Å²) in [6.45, 7) is 2.93. The zero-order chi connectivity index (χ0) is 15.1. The topological polar surface area (TPSA) is 47.9 Å². The van der Waals surface area contributed by atoms with Gasteiger partial charge in [-0.3, -0.25) is 0 Å². The molecule has 21 heavy (non-hydrogen) atoms. The lowest BCUT2D eigenvalue weighted by Gasteiger charge is -2.12. The minimum absolute atomic E-state index is 0.00316. The number of benzene rings is 2. The molecule has 0 aliphatic rings. The van der Waals surface area contributed by atoms with E-state index in [0.717, 1.165) is 28.4 Å². The summed E-state index contributed by atoms with van der Waals surface area (Å²) in [5, 5.41) is 9.21. The number of rotatable bonds is 7. The Morgan fingerprint density at radius 1 is 1.00 bits per heavy atom. The first-order valence-electron chi connectivity index (χ1n) is 6.89. The monoisotopic (exact) mass is 288 g/mol. The van der Waals surface area contributed by atoms with Crippen LogP contribution in [0.25, 0.3) is 0 Å². The Bertz CT molecular complexity index is 581. The average molecular weight is 288 g/mol. The molecule has 112 valence electrons. The highest BCUT2D eigenvalue weighted by Gasteiger charge is 2.06. The van der Waals surface area contributed by atoms with E-state index in [-0.39, 0.29) is 6.61 Å². The van der Waals surface area contributed by atoms with Crippen LogP contribution in [-0.2, 0) is 13.2 Å². The second-order valence-electron chi connectivity index (χ2n) is 4.50. The van der Waals surface area contributed by atoms with Crippen LogP contribution in [0.2, 0.25) is 0 Å². The number of ether oxygens (including phenoxy) is 3. The smallest absolute Gasteiger partial charge is 0.125 e. The van der Waals surface area contributed by atoms with E-state index in [1.54, 1.807) is 7.11 Å². The molecule has 0 aliphatic carbocycles. The highest BCUT2D eigenvalue weighted by molar-refractivity contribution is 5.38. The van der Waals surface area contributed by atoms with E-state index < -0.39 is 0 Å². The number of hydrogen-bond donors (Lipinski definition) is 1. The lowest BCUT2D eigenvalue weighted by Crippen LogP contribution is -2.00. The number of aliphatic hydroxyl groups is 1. The molecule has 1 N–H and O–H groups in total. The van der Waals surface area contributed by atoms with Gasteiger partial charge in [0.1, 0.15) is 23.9 Å². The summed E-state index contributed by atoms with van der Waals surface area (Å²) in [7, 11) is 1.62. The van der Waals surface area contributed by atoms with Crippen molar-refractivity contribution < 1.29 is 19.3 Å². The van der Waals surface area contributed by atoms with Gasteiger partial charge in [-0.25, -0.2) is 0 Å². The molecular formula is C17H20O4. The summed E-state index contributed by atoms with van der Waals surface area (Å²) < 4.78 is 16.5. The molecule has 4 heteroatoms. The molecule has 0 amide bonds. The zero-order valence-corrected chi connectivity index (χ0v) is 12.3. The summed E-state index contributed by atoms with van der Waals surface area (Å²) in [4.78, 5) is 0. The van der Waals surface area contributed by atoms with E-state index in [2.05, 4.69) is 0 Å². The average Bonchev–Trinajstić information content (AvgIpc) is 2.53. The van der Waals surface area contributed by atoms with Gasteiger partial charge in [0, 0.05) is 11.6 Å². The minimum Gasteiger partial charge on any atom is -0.496 e. The second-order valence-corrected chi connectivity index (χ2v) is 4.50. The molecule has 0 fully saturated rings. The van der Waals surface area contributed by atoms with Gasteiger partial charge in [-0.1, -0.05) is 12.1 Å². The van der Waals surface area contributed by atoms with E-state index in [1.165, 1.54) is 0 Å². The largest absolute Gasteiger partial charge is 0.496 e. The van der Waals surface area contributed by atoms with Crippen LogP contribution in [0.3, 0.4) is 0 Å². The maximum atomic E-state index is 9.21. The molecule has 0 spiro atoms. The Morgan fingerprint density at radius 2 is 1.76 bits per heavy atom. The minimum atomic E-state index is -0.00316. The molecule has 0 aromatic heterocycles. The number of methoxy groups -OCH3 is 1. The van der Waals surface area contributed by atoms with Crippen LogP contribution in [0.5, 0.6) is 17.2 Å². The molecule has 0 atom stereocenters. The third kappa shape index (κ3) is 4.13. The second kappa shape index (κ2) is 7.55. The molecule has 2 aromatic rings. The summed E-state index contributed by atoms with van der Waals surface area (Å²) >= 11 is 0. The normalized spacial score (nSPS) is 10.2. The molecule has 0 saturated heterocycles. The van der Waals surface area contributed by atoms with Gasteiger partial charge in [0.05, 0.1) is 20.3 Å². The summed E-state index contributed by atoms with van der Waals surface area (Å²) in [5.41, 5.74) is 1.73. The van der Waals surface area contributed by atoms with Crippen molar-refractivity contribution in [2.24, 2.45) is 0 Å². The quantitative estimate of drug-likeness (QED) is 0.850. The van der Waals surface area contributed by atoms with Crippen molar-refractivity contribution in [1.82, 2.24) is 0 Å². The summed E-state index contributed by atoms with van der Waals surface area (Å²) in [6, 6.07) is 13.1.